The van der Waals surface area contributed by atoms with Gasteiger partial charge in [-0.15, -0.1) is 0 Å². The quantitative estimate of drug-likeness (QED) is 0.274. The number of carbonyl (C=O) groups is 1. The van der Waals surface area contributed by atoms with Crippen molar-refractivity contribution in [3.8, 4) is 5.69 Å². The largest absolute Gasteiger partial charge is 0.357 e. The number of pyridine rings is 1. The first-order chi connectivity index (χ1) is 23.1. The molecule has 0 bridgehead atoms. The summed E-state index contributed by atoms with van der Waals surface area (Å²) in [5.41, 5.74) is 0.634. The number of hydrogen-bond donors (Lipinski definition) is 3. The highest BCUT2D eigenvalue weighted by atomic mass is 19.3. The molecule has 4 aliphatic rings. The number of piperidine rings is 2. The predicted molar refractivity (Wildman–Crippen MR) is 173 cm³/mol. The molecule has 0 spiro atoms. The van der Waals surface area contributed by atoms with E-state index in [1.54, 1.807) is 19.3 Å². The molecule has 13 nitrogen and oxygen atoms in total. The van der Waals surface area contributed by atoms with Crippen molar-refractivity contribution < 1.29 is 13.6 Å². The minimum absolute atomic E-state index is 0.158. The summed E-state index contributed by atoms with van der Waals surface area (Å²) >= 11 is 0. The van der Waals surface area contributed by atoms with Crippen LogP contribution in [0.2, 0.25) is 0 Å². The molecule has 1 saturated carbocycles. The van der Waals surface area contributed by atoms with Crippen LogP contribution in [-0.4, -0.2) is 84.0 Å². The average molecular weight is 661 g/mol. The number of carbonyl (C=O) groups excluding carboxylic acids is 1. The molecule has 2 aliphatic heterocycles. The van der Waals surface area contributed by atoms with Gasteiger partial charge in [-0.25, -0.2) is 18.6 Å². The number of nitrogens with zero attached hydrogens (tertiary/aromatic N) is 7. The predicted octanol–water partition coefficient (Wildman–Crippen LogP) is 3.02. The van der Waals surface area contributed by atoms with E-state index in [2.05, 4.69) is 40.4 Å². The van der Waals surface area contributed by atoms with E-state index in [0.29, 0.717) is 28.6 Å². The number of fused-ring (bicyclic) bond motifs is 2. The van der Waals surface area contributed by atoms with Gasteiger partial charge in [-0.1, -0.05) is 6.92 Å². The number of halogens is 2. The first-order valence-corrected chi connectivity index (χ1v) is 16.6. The van der Waals surface area contributed by atoms with E-state index >= 15 is 0 Å². The lowest BCUT2D eigenvalue weighted by atomic mass is 9.87. The molecule has 0 aromatic carbocycles. The summed E-state index contributed by atoms with van der Waals surface area (Å²) in [7, 11) is 0. The van der Waals surface area contributed by atoms with Gasteiger partial charge in [0, 0.05) is 80.2 Å². The number of hydrogen-bond acceptors (Lipinski definition) is 8. The van der Waals surface area contributed by atoms with Crippen molar-refractivity contribution in [2.24, 2.45) is 17.3 Å². The second kappa shape index (κ2) is 11.5. The van der Waals surface area contributed by atoms with Gasteiger partial charge in [0.2, 0.25) is 0 Å². The number of alkyl halides is 2. The Hall–Kier alpha value is -4.66. The lowest BCUT2D eigenvalue weighted by molar-refractivity contribution is 0.0630. The molecule has 48 heavy (non-hydrogen) atoms. The normalized spacial score (nSPS) is 24.2. The number of rotatable bonds is 7. The van der Waals surface area contributed by atoms with Crippen LogP contribution in [0.25, 0.3) is 5.69 Å². The number of H-pyrrole nitrogens is 2. The Morgan fingerprint density at radius 1 is 1.06 bits per heavy atom. The summed E-state index contributed by atoms with van der Waals surface area (Å²) in [6.07, 6.45) is 11.0. The summed E-state index contributed by atoms with van der Waals surface area (Å²) in [5.74, 6) is -2.37. The molecule has 2 atom stereocenters. The SMILES string of the molecule is C[C@@]12Cc3[nH]nc(C(=O)Nc4cnn(C5CCN(CC6CCN(c7ccc(-n8ccc(=O)[nH]c8=O)cn7)CC6)CC5)c4)c3C[C@@H]1C2(F)F. The molecule has 3 fully saturated rings. The maximum Gasteiger partial charge on any atom is 0.332 e. The number of amides is 1. The van der Waals surface area contributed by atoms with Crippen LogP contribution < -0.4 is 21.5 Å². The van der Waals surface area contributed by atoms with E-state index in [9.17, 15) is 23.2 Å². The standard InChI is InChI=1S/C33H38F2N10O3/c1-32-15-25-24(14-26(32)33(32,34)35)29(41-40-25)30(47)38-21-16-37-45(19-21)22-6-9-42(10-7-22)18-20-4-11-43(12-5-20)27-3-2-23(17-36-27)44-13-8-28(46)39-31(44)48/h2-3,8,13,16-17,19-20,22,26H,4-7,9-12,14-15,18H2,1H3,(H,38,47)(H,40,41)(H,39,46,48)/t26-,32+/m0/s1. The van der Waals surface area contributed by atoms with Gasteiger partial charge in [0.15, 0.2) is 5.69 Å². The Kier molecular flexibility index (Phi) is 7.34. The monoisotopic (exact) mass is 660 g/mol. The summed E-state index contributed by atoms with van der Waals surface area (Å²) in [6, 6.07) is 5.31. The zero-order valence-electron chi connectivity index (χ0n) is 26.7. The van der Waals surface area contributed by atoms with E-state index in [0.717, 1.165) is 64.2 Å². The van der Waals surface area contributed by atoms with Crippen LogP contribution in [0.1, 0.15) is 60.4 Å². The number of anilines is 2. The van der Waals surface area contributed by atoms with Gasteiger partial charge < -0.3 is 15.1 Å². The van der Waals surface area contributed by atoms with E-state index in [4.69, 9.17) is 0 Å². The Morgan fingerprint density at radius 2 is 1.85 bits per heavy atom. The van der Waals surface area contributed by atoms with Crippen LogP contribution in [-0.2, 0) is 12.8 Å². The van der Waals surface area contributed by atoms with Gasteiger partial charge in [0.25, 0.3) is 17.4 Å². The molecule has 15 heteroatoms. The van der Waals surface area contributed by atoms with Crippen molar-refractivity contribution in [3.63, 3.8) is 0 Å². The molecular weight excluding hydrogens is 622 g/mol. The van der Waals surface area contributed by atoms with Crippen molar-refractivity contribution in [3.05, 3.63) is 80.8 Å². The van der Waals surface area contributed by atoms with E-state index < -0.39 is 34.4 Å². The molecule has 1 amide bonds. The second-order valence-corrected chi connectivity index (χ2v) is 14.0. The highest BCUT2D eigenvalue weighted by Crippen LogP contribution is 2.70. The van der Waals surface area contributed by atoms with Gasteiger partial charge in [0.05, 0.1) is 29.8 Å². The molecule has 4 aromatic heterocycles. The maximum atomic E-state index is 14.3. The molecule has 6 heterocycles. The Labute approximate surface area is 274 Å². The van der Waals surface area contributed by atoms with E-state index in [1.165, 1.54) is 16.8 Å². The van der Waals surface area contributed by atoms with Gasteiger partial charge in [-0.2, -0.15) is 10.2 Å². The molecule has 8 rings (SSSR count). The van der Waals surface area contributed by atoms with E-state index in [-0.39, 0.29) is 24.6 Å². The van der Waals surface area contributed by atoms with E-state index in [1.807, 2.05) is 23.0 Å². The lowest BCUT2D eigenvalue weighted by Gasteiger charge is -2.38. The van der Waals surface area contributed by atoms with Crippen LogP contribution in [0.4, 0.5) is 20.3 Å². The van der Waals surface area contributed by atoms with Crippen molar-refractivity contribution in [1.82, 2.24) is 39.4 Å². The summed E-state index contributed by atoms with van der Waals surface area (Å²) in [5, 5.41) is 14.4. The van der Waals surface area contributed by atoms with Crippen LogP contribution in [0.15, 0.2) is 52.6 Å². The molecule has 0 radical (unpaired) electrons. The molecule has 2 saturated heterocycles. The third-order valence-electron chi connectivity index (χ3n) is 11.1. The number of aromatic amines is 2. The smallest absolute Gasteiger partial charge is 0.332 e. The average Bonchev–Trinajstić information content (AvgIpc) is 3.50. The fourth-order valence-corrected chi connectivity index (χ4v) is 7.99. The third kappa shape index (κ3) is 5.33. The topological polar surface area (TPSA) is 150 Å². The van der Waals surface area contributed by atoms with Gasteiger partial charge in [-0.3, -0.25) is 28.9 Å². The maximum absolute atomic E-state index is 14.3. The molecule has 4 aromatic rings. The van der Waals surface area contributed by atoms with Crippen molar-refractivity contribution >= 4 is 17.4 Å². The van der Waals surface area contributed by atoms with Gasteiger partial charge in [-0.05, 0) is 50.2 Å². The fourth-order valence-electron chi connectivity index (χ4n) is 7.99. The molecular formula is C33H38F2N10O3. The molecule has 252 valence electrons. The second-order valence-electron chi connectivity index (χ2n) is 14.0. The Bertz CT molecular complexity index is 1950. The summed E-state index contributed by atoms with van der Waals surface area (Å²) in [4.78, 5) is 48.2. The highest BCUT2D eigenvalue weighted by molar-refractivity contribution is 6.04. The number of nitrogens with one attached hydrogen (secondary N) is 3. The zero-order chi connectivity index (χ0) is 33.2. The fraction of sp³-hybridized carbons (Fsp3) is 0.515. The van der Waals surface area contributed by atoms with Crippen LogP contribution in [0.3, 0.4) is 0 Å². The zero-order valence-corrected chi connectivity index (χ0v) is 26.7. The Balaban J connectivity index is 0.795. The number of likely N-dealkylation sites (tertiary alicyclic amines) is 1. The number of aromatic nitrogens is 7. The summed E-state index contributed by atoms with van der Waals surface area (Å²) < 4.78 is 31.9. The molecule has 0 unspecified atom stereocenters. The minimum atomic E-state index is -2.71. The van der Waals surface area contributed by atoms with Crippen molar-refractivity contribution in [2.45, 2.75) is 57.4 Å². The molecule has 3 N–H and O–H groups in total. The van der Waals surface area contributed by atoms with Crippen molar-refractivity contribution in [2.75, 3.05) is 42.9 Å². The third-order valence-corrected chi connectivity index (χ3v) is 11.1. The van der Waals surface area contributed by atoms with Crippen LogP contribution in [0.5, 0.6) is 0 Å². The highest BCUT2D eigenvalue weighted by Gasteiger charge is 2.78. The van der Waals surface area contributed by atoms with Crippen molar-refractivity contribution in [1.29, 1.82) is 0 Å². The first kappa shape index (κ1) is 30.7. The molecule has 2 aliphatic carbocycles. The van der Waals surface area contributed by atoms with Crippen LogP contribution in [0, 0.1) is 17.3 Å². The van der Waals surface area contributed by atoms with Crippen LogP contribution >= 0.6 is 0 Å². The lowest BCUT2D eigenvalue weighted by Crippen LogP contribution is -2.42. The van der Waals surface area contributed by atoms with Gasteiger partial charge in [0.1, 0.15) is 5.82 Å². The summed E-state index contributed by atoms with van der Waals surface area (Å²) in [6.45, 7) is 6.45. The van der Waals surface area contributed by atoms with Gasteiger partial charge >= 0.3 is 5.69 Å². The first-order valence-electron chi connectivity index (χ1n) is 16.6. The minimum Gasteiger partial charge on any atom is -0.357 e. The Morgan fingerprint density at radius 3 is 2.58 bits per heavy atom.